The van der Waals surface area contributed by atoms with Gasteiger partial charge in [-0.2, -0.15) is 0 Å². The van der Waals surface area contributed by atoms with Crippen LogP contribution in [-0.4, -0.2) is 13.1 Å². The van der Waals surface area contributed by atoms with Crippen molar-refractivity contribution in [3.8, 4) is 22.8 Å². The Morgan fingerprint density at radius 3 is 2.61 bits per heavy atom. The highest BCUT2D eigenvalue weighted by Crippen LogP contribution is 2.37. The van der Waals surface area contributed by atoms with Gasteiger partial charge in [-0.1, -0.05) is 12.1 Å². The summed E-state index contributed by atoms with van der Waals surface area (Å²) in [5.74, 6) is 0.825. The zero-order chi connectivity index (χ0) is 21.5. The molecule has 0 aliphatic carbocycles. The number of fused-ring (bicyclic) bond motifs is 2. The third-order valence-corrected chi connectivity index (χ3v) is 4.96. The molecule has 0 fully saturated rings. The summed E-state index contributed by atoms with van der Waals surface area (Å²) in [6.07, 6.45) is 1.40. The Labute approximate surface area is 175 Å². The Balaban J connectivity index is 1.68. The van der Waals surface area contributed by atoms with Gasteiger partial charge in [-0.3, -0.25) is 0 Å². The highest BCUT2D eigenvalue weighted by molar-refractivity contribution is 5.97. The highest BCUT2D eigenvalue weighted by atomic mass is 16.5. The summed E-state index contributed by atoms with van der Waals surface area (Å²) in [5.41, 5.74) is 1.54. The molecule has 5 rings (SSSR count). The second-order valence-electron chi connectivity index (χ2n) is 6.95. The number of carbonyl (C=O) groups is 1. The van der Waals surface area contributed by atoms with Crippen LogP contribution < -0.4 is 15.1 Å². The van der Waals surface area contributed by atoms with Gasteiger partial charge in [0.15, 0.2) is 11.3 Å². The summed E-state index contributed by atoms with van der Waals surface area (Å²) in [6.45, 7) is 1.75. The molecule has 0 bridgehead atoms. The Hall–Kier alpha value is -4.26. The van der Waals surface area contributed by atoms with E-state index in [4.69, 9.17) is 22.7 Å². The van der Waals surface area contributed by atoms with Gasteiger partial charge in [0.25, 0.3) is 0 Å². The number of carbonyl (C=O) groups excluding carboxylic acids is 1. The van der Waals surface area contributed by atoms with Crippen molar-refractivity contribution >= 4 is 27.9 Å². The van der Waals surface area contributed by atoms with Gasteiger partial charge in [-0.05, 0) is 48.9 Å². The topological polar surface area (TPSA) is 92.0 Å². The lowest BCUT2D eigenvalue weighted by Crippen LogP contribution is -2.08. The maximum atomic E-state index is 12.3. The van der Waals surface area contributed by atoms with Crippen molar-refractivity contribution in [3.05, 3.63) is 82.6 Å². The summed E-state index contributed by atoms with van der Waals surface area (Å²) < 4.78 is 27.4. The molecule has 7 nitrogen and oxygen atoms in total. The maximum absolute atomic E-state index is 12.3. The van der Waals surface area contributed by atoms with Crippen molar-refractivity contribution < 1.29 is 27.5 Å². The highest BCUT2D eigenvalue weighted by Gasteiger charge is 2.18. The van der Waals surface area contributed by atoms with E-state index >= 15 is 0 Å². The smallest absolute Gasteiger partial charge is 0.379 e. The number of aryl methyl sites for hydroxylation is 1. The van der Waals surface area contributed by atoms with Crippen LogP contribution in [0.1, 0.15) is 16.1 Å². The minimum Gasteiger partial charge on any atom is -0.493 e. The molecule has 0 radical (unpaired) electrons. The number of benzene rings is 2. The number of esters is 1. The summed E-state index contributed by atoms with van der Waals surface area (Å²) in [7, 11) is 1.56. The summed E-state index contributed by atoms with van der Waals surface area (Å²) >= 11 is 0. The Morgan fingerprint density at radius 2 is 1.84 bits per heavy atom. The minimum absolute atomic E-state index is 0.0868. The van der Waals surface area contributed by atoms with E-state index in [0.29, 0.717) is 44.9 Å². The van der Waals surface area contributed by atoms with Gasteiger partial charge < -0.3 is 22.7 Å². The first kappa shape index (κ1) is 18.7. The van der Waals surface area contributed by atoms with Gasteiger partial charge in [0.2, 0.25) is 5.76 Å². The lowest BCUT2D eigenvalue weighted by Gasteiger charge is -2.09. The molecule has 154 valence electrons. The van der Waals surface area contributed by atoms with Crippen molar-refractivity contribution in [2.75, 3.05) is 7.11 Å². The van der Waals surface area contributed by atoms with Crippen LogP contribution in [-0.2, 0) is 0 Å². The predicted molar refractivity (Wildman–Crippen MR) is 113 cm³/mol. The maximum Gasteiger partial charge on any atom is 0.379 e. The third-order valence-electron chi connectivity index (χ3n) is 4.96. The molecule has 0 N–H and O–H groups in total. The van der Waals surface area contributed by atoms with Crippen LogP contribution in [0.2, 0.25) is 0 Å². The van der Waals surface area contributed by atoms with E-state index in [-0.39, 0.29) is 5.76 Å². The zero-order valence-corrected chi connectivity index (χ0v) is 16.6. The van der Waals surface area contributed by atoms with Gasteiger partial charge in [0.1, 0.15) is 17.1 Å². The molecule has 0 aliphatic rings. The van der Waals surface area contributed by atoms with E-state index in [1.165, 1.54) is 18.4 Å². The molecule has 0 spiro atoms. The van der Waals surface area contributed by atoms with E-state index in [1.54, 1.807) is 38.3 Å². The average Bonchev–Trinajstić information content (AvgIpc) is 3.43. The van der Waals surface area contributed by atoms with Crippen LogP contribution in [0.3, 0.4) is 0 Å². The number of hydrogen-bond donors (Lipinski definition) is 0. The van der Waals surface area contributed by atoms with Gasteiger partial charge in [-0.25, -0.2) is 9.59 Å². The van der Waals surface area contributed by atoms with E-state index < -0.39 is 11.6 Å². The van der Waals surface area contributed by atoms with E-state index in [1.807, 2.05) is 18.2 Å². The SMILES string of the molecule is COc1cccc2cc(-c3cc(=O)oc4cc(C)c(OC(=O)c5ccco5)cc34)oc12. The lowest BCUT2D eigenvalue weighted by molar-refractivity contribution is 0.0700. The number of ether oxygens (including phenoxy) is 2. The largest absolute Gasteiger partial charge is 0.493 e. The molecule has 5 aromatic rings. The molecule has 0 atom stereocenters. The first-order valence-electron chi connectivity index (χ1n) is 9.44. The lowest BCUT2D eigenvalue weighted by atomic mass is 10.0. The molecular weight excluding hydrogens is 400 g/mol. The minimum atomic E-state index is -0.625. The fourth-order valence-corrected chi connectivity index (χ4v) is 3.48. The molecule has 31 heavy (non-hydrogen) atoms. The number of hydrogen-bond acceptors (Lipinski definition) is 7. The quantitative estimate of drug-likeness (QED) is 0.222. The fraction of sp³-hybridized carbons (Fsp3) is 0.0833. The molecule has 0 amide bonds. The zero-order valence-electron chi connectivity index (χ0n) is 16.6. The van der Waals surface area contributed by atoms with Crippen LogP contribution in [0.5, 0.6) is 11.5 Å². The van der Waals surface area contributed by atoms with E-state index in [0.717, 1.165) is 5.39 Å². The van der Waals surface area contributed by atoms with Crippen molar-refractivity contribution in [1.82, 2.24) is 0 Å². The van der Waals surface area contributed by atoms with E-state index in [9.17, 15) is 9.59 Å². The van der Waals surface area contributed by atoms with Crippen LogP contribution in [0.25, 0.3) is 33.3 Å². The second-order valence-corrected chi connectivity index (χ2v) is 6.95. The number of methoxy groups -OCH3 is 1. The third kappa shape index (κ3) is 3.26. The average molecular weight is 416 g/mol. The van der Waals surface area contributed by atoms with Crippen LogP contribution >= 0.6 is 0 Å². The molecule has 2 aromatic carbocycles. The normalized spacial score (nSPS) is 11.2. The molecule has 3 aromatic heterocycles. The Morgan fingerprint density at radius 1 is 0.968 bits per heavy atom. The van der Waals surface area contributed by atoms with Crippen LogP contribution in [0.4, 0.5) is 0 Å². The summed E-state index contributed by atoms with van der Waals surface area (Å²) in [5, 5.41) is 1.39. The molecule has 3 heterocycles. The van der Waals surface area contributed by atoms with Crippen LogP contribution in [0.15, 0.2) is 78.9 Å². The first-order valence-corrected chi connectivity index (χ1v) is 9.44. The number of furan rings is 2. The van der Waals surface area contributed by atoms with Gasteiger partial charge in [0.05, 0.1) is 13.4 Å². The molecule has 0 aliphatic heterocycles. The van der Waals surface area contributed by atoms with Gasteiger partial charge in [0, 0.05) is 22.4 Å². The molecule has 0 unspecified atom stereocenters. The summed E-state index contributed by atoms with van der Waals surface area (Å²) in [4.78, 5) is 24.6. The van der Waals surface area contributed by atoms with Crippen molar-refractivity contribution in [2.45, 2.75) is 6.92 Å². The molecule has 0 saturated heterocycles. The monoisotopic (exact) mass is 416 g/mol. The fourth-order valence-electron chi connectivity index (χ4n) is 3.48. The number of rotatable bonds is 4. The number of para-hydroxylation sites is 1. The van der Waals surface area contributed by atoms with E-state index in [2.05, 4.69) is 0 Å². The second kappa shape index (κ2) is 7.21. The molecule has 7 heteroatoms. The first-order chi connectivity index (χ1) is 15.0. The summed E-state index contributed by atoms with van der Waals surface area (Å²) in [6, 6.07) is 15.1. The Bertz CT molecular complexity index is 1490. The van der Waals surface area contributed by atoms with Gasteiger partial charge >= 0.3 is 11.6 Å². The van der Waals surface area contributed by atoms with Crippen molar-refractivity contribution in [3.63, 3.8) is 0 Å². The van der Waals surface area contributed by atoms with Crippen LogP contribution in [0, 0.1) is 6.92 Å². The molecule has 0 saturated carbocycles. The van der Waals surface area contributed by atoms with Gasteiger partial charge in [-0.15, -0.1) is 0 Å². The molecular formula is C24H16O7. The standard InChI is InChI=1S/C24H16O7/c1-13-9-20-15(11-19(13)31-24(26)18-7-4-8-28-18)16(12-22(25)29-20)21-10-14-5-3-6-17(27-2)23(14)30-21/h3-12H,1-2H3. The van der Waals surface area contributed by atoms with Crippen molar-refractivity contribution in [2.24, 2.45) is 0 Å². The predicted octanol–water partition coefficient (Wildman–Crippen LogP) is 5.34. The Kier molecular flexibility index (Phi) is 4.36. The van der Waals surface area contributed by atoms with Crippen molar-refractivity contribution in [1.29, 1.82) is 0 Å².